The molecular formula is C15H13Cl2FO2. The van der Waals surface area contributed by atoms with E-state index in [0.29, 0.717) is 21.4 Å². The molecule has 0 saturated heterocycles. The molecule has 1 atom stereocenters. The van der Waals surface area contributed by atoms with Gasteiger partial charge in [0.05, 0.1) is 16.1 Å². The van der Waals surface area contributed by atoms with Crippen molar-refractivity contribution in [3.8, 4) is 5.75 Å². The maximum absolute atomic E-state index is 13.3. The summed E-state index contributed by atoms with van der Waals surface area (Å²) in [6.45, 7) is 1.80. The highest BCUT2D eigenvalue weighted by Crippen LogP contribution is 2.28. The summed E-state index contributed by atoms with van der Waals surface area (Å²) < 4.78 is 18.8. The van der Waals surface area contributed by atoms with Gasteiger partial charge in [-0.15, -0.1) is 0 Å². The van der Waals surface area contributed by atoms with Gasteiger partial charge >= 0.3 is 0 Å². The van der Waals surface area contributed by atoms with Crippen LogP contribution in [0.15, 0.2) is 36.4 Å². The van der Waals surface area contributed by atoms with Gasteiger partial charge in [0.15, 0.2) is 0 Å². The lowest BCUT2D eigenvalue weighted by Gasteiger charge is -2.14. The topological polar surface area (TPSA) is 29.5 Å². The maximum Gasteiger partial charge on any atom is 0.128 e. The molecule has 0 heterocycles. The normalized spacial score (nSPS) is 12.2. The summed E-state index contributed by atoms with van der Waals surface area (Å²) in [6, 6.07) is 9.17. The highest BCUT2D eigenvalue weighted by Gasteiger charge is 2.11. The zero-order valence-corrected chi connectivity index (χ0v) is 12.2. The Balaban J connectivity index is 2.17. The predicted octanol–water partition coefficient (Wildman–Crippen LogP) is 4.76. The summed E-state index contributed by atoms with van der Waals surface area (Å²) in [7, 11) is 0. The molecule has 0 spiro atoms. The molecule has 0 bridgehead atoms. The van der Waals surface area contributed by atoms with Crippen LogP contribution in [0.25, 0.3) is 0 Å². The summed E-state index contributed by atoms with van der Waals surface area (Å²) in [5, 5.41) is 10.5. The minimum absolute atomic E-state index is 0.208. The zero-order chi connectivity index (χ0) is 14.7. The van der Waals surface area contributed by atoms with Gasteiger partial charge in [0.1, 0.15) is 18.2 Å². The molecule has 0 saturated carbocycles. The third-order valence-corrected chi connectivity index (χ3v) is 3.54. The molecule has 20 heavy (non-hydrogen) atoms. The number of halogens is 3. The van der Waals surface area contributed by atoms with Crippen molar-refractivity contribution >= 4 is 23.2 Å². The van der Waals surface area contributed by atoms with Crippen LogP contribution in [0.5, 0.6) is 5.75 Å². The van der Waals surface area contributed by atoms with E-state index in [0.717, 1.165) is 5.56 Å². The van der Waals surface area contributed by atoms with E-state index in [-0.39, 0.29) is 6.61 Å². The Morgan fingerprint density at radius 2 is 1.90 bits per heavy atom. The molecule has 0 fully saturated rings. The van der Waals surface area contributed by atoms with Gasteiger partial charge in [-0.25, -0.2) is 4.39 Å². The van der Waals surface area contributed by atoms with Crippen molar-refractivity contribution in [1.29, 1.82) is 0 Å². The molecule has 2 aromatic carbocycles. The van der Waals surface area contributed by atoms with Crippen LogP contribution in [0, 0.1) is 5.82 Å². The van der Waals surface area contributed by atoms with Crippen LogP contribution >= 0.6 is 23.2 Å². The number of benzene rings is 2. The summed E-state index contributed by atoms with van der Waals surface area (Å²) >= 11 is 11.7. The van der Waals surface area contributed by atoms with Gasteiger partial charge in [0.25, 0.3) is 0 Å². The molecule has 2 rings (SSSR count). The first-order valence-corrected chi connectivity index (χ1v) is 6.77. The fourth-order valence-corrected chi connectivity index (χ4v) is 2.09. The average molecular weight is 315 g/mol. The Bertz CT molecular complexity index is 615. The number of aliphatic hydroxyl groups excluding tert-OH is 1. The molecule has 106 valence electrons. The Kier molecular flexibility index (Phi) is 4.86. The molecule has 0 aromatic heterocycles. The number of aliphatic hydroxyl groups is 1. The van der Waals surface area contributed by atoms with E-state index in [4.69, 9.17) is 27.9 Å². The van der Waals surface area contributed by atoms with Crippen LogP contribution in [-0.2, 0) is 6.61 Å². The quantitative estimate of drug-likeness (QED) is 0.881. The first-order valence-electron chi connectivity index (χ1n) is 6.01. The molecule has 0 aliphatic carbocycles. The van der Waals surface area contributed by atoms with Gasteiger partial charge in [0.2, 0.25) is 0 Å². The van der Waals surface area contributed by atoms with Crippen molar-refractivity contribution in [1.82, 2.24) is 0 Å². The van der Waals surface area contributed by atoms with Crippen LogP contribution in [0.2, 0.25) is 10.0 Å². The zero-order valence-electron chi connectivity index (χ0n) is 10.7. The van der Waals surface area contributed by atoms with E-state index >= 15 is 0 Å². The van der Waals surface area contributed by atoms with Crippen LogP contribution < -0.4 is 4.74 Å². The van der Waals surface area contributed by atoms with Crippen molar-refractivity contribution in [3.05, 3.63) is 63.4 Å². The SMILES string of the molecule is CC(O)c1ccc(F)cc1OCc1ccc(Cl)c(Cl)c1. The van der Waals surface area contributed by atoms with E-state index in [2.05, 4.69) is 0 Å². The van der Waals surface area contributed by atoms with Gasteiger partial charge in [-0.05, 0) is 36.8 Å². The smallest absolute Gasteiger partial charge is 0.128 e. The van der Waals surface area contributed by atoms with E-state index in [1.807, 2.05) is 0 Å². The summed E-state index contributed by atoms with van der Waals surface area (Å²) in [5.74, 6) is -0.107. The second-order valence-corrected chi connectivity index (χ2v) is 5.21. The van der Waals surface area contributed by atoms with E-state index < -0.39 is 11.9 Å². The molecule has 0 amide bonds. The average Bonchev–Trinajstić information content (AvgIpc) is 2.40. The van der Waals surface area contributed by atoms with Gasteiger partial charge in [-0.2, -0.15) is 0 Å². The Labute approximate surface area is 126 Å². The second-order valence-electron chi connectivity index (χ2n) is 4.40. The van der Waals surface area contributed by atoms with Crippen molar-refractivity contribution in [2.24, 2.45) is 0 Å². The lowest BCUT2D eigenvalue weighted by atomic mass is 10.1. The Hall–Kier alpha value is -1.29. The van der Waals surface area contributed by atoms with Gasteiger partial charge in [-0.3, -0.25) is 0 Å². The standard InChI is InChI=1S/C15H13Cl2FO2/c1-9(19)12-4-3-11(18)7-15(12)20-8-10-2-5-13(16)14(17)6-10/h2-7,9,19H,8H2,1H3. The number of hydrogen-bond acceptors (Lipinski definition) is 2. The molecule has 0 radical (unpaired) electrons. The number of hydrogen-bond donors (Lipinski definition) is 1. The molecule has 2 aromatic rings. The highest BCUT2D eigenvalue weighted by molar-refractivity contribution is 6.42. The highest BCUT2D eigenvalue weighted by atomic mass is 35.5. The molecule has 1 unspecified atom stereocenters. The van der Waals surface area contributed by atoms with Crippen molar-refractivity contribution < 1.29 is 14.2 Å². The van der Waals surface area contributed by atoms with Gasteiger partial charge in [0, 0.05) is 11.6 Å². The van der Waals surface area contributed by atoms with Gasteiger partial charge in [-0.1, -0.05) is 29.3 Å². The molecule has 5 heteroatoms. The minimum Gasteiger partial charge on any atom is -0.488 e. The lowest BCUT2D eigenvalue weighted by Crippen LogP contribution is -2.01. The van der Waals surface area contributed by atoms with Crippen LogP contribution in [0.1, 0.15) is 24.2 Å². The first-order chi connectivity index (χ1) is 9.47. The summed E-state index contributed by atoms with van der Waals surface area (Å²) in [4.78, 5) is 0. The predicted molar refractivity (Wildman–Crippen MR) is 77.8 cm³/mol. The van der Waals surface area contributed by atoms with Crippen molar-refractivity contribution in [2.45, 2.75) is 19.6 Å². The largest absolute Gasteiger partial charge is 0.488 e. The van der Waals surface area contributed by atoms with Crippen LogP contribution in [0.4, 0.5) is 4.39 Å². The molecule has 0 aliphatic heterocycles. The minimum atomic E-state index is -0.737. The molecular weight excluding hydrogens is 302 g/mol. The molecule has 0 aliphatic rings. The monoisotopic (exact) mass is 314 g/mol. The lowest BCUT2D eigenvalue weighted by molar-refractivity contribution is 0.190. The van der Waals surface area contributed by atoms with Crippen LogP contribution in [-0.4, -0.2) is 5.11 Å². The fraction of sp³-hybridized carbons (Fsp3) is 0.200. The second kappa shape index (κ2) is 6.44. The molecule has 2 nitrogen and oxygen atoms in total. The fourth-order valence-electron chi connectivity index (χ4n) is 1.77. The first kappa shape index (κ1) is 15.1. The third-order valence-electron chi connectivity index (χ3n) is 2.80. The Morgan fingerprint density at radius 3 is 2.55 bits per heavy atom. The third kappa shape index (κ3) is 3.63. The van der Waals surface area contributed by atoms with Crippen molar-refractivity contribution in [2.75, 3.05) is 0 Å². The van der Waals surface area contributed by atoms with E-state index in [1.165, 1.54) is 18.2 Å². The summed E-state index contributed by atoms with van der Waals surface area (Å²) in [6.07, 6.45) is -0.737. The van der Waals surface area contributed by atoms with Crippen molar-refractivity contribution in [3.63, 3.8) is 0 Å². The number of ether oxygens (including phenoxy) is 1. The maximum atomic E-state index is 13.3. The van der Waals surface area contributed by atoms with E-state index in [1.54, 1.807) is 25.1 Å². The van der Waals surface area contributed by atoms with Gasteiger partial charge < -0.3 is 9.84 Å². The van der Waals surface area contributed by atoms with E-state index in [9.17, 15) is 9.50 Å². The molecule has 1 N–H and O–H groups in total. The Morgan fingerprint density at radius 1 is 1.15 bits per heavy atom. The summed E-state index contributed by atoms with van der Waals surface area (Å²) in [5.41, 5.74) is 1.34. The number of rotatable bonds is 4. The van der Waals surface area contributed by atoms with Crippen LogP contribution in [0.3, 0.4) is 0 Å².